The summed E-state index contributed by atoms with van der Waals surface area (Å²) in [6.45, 7) is 7.53. The average molecular weight is 319 g/mol. The summed E-state index contributed by atoms with van der Waals surface area (Å²) in [7, 11) is 1.61. The van der Waals surface area contributed by atoms with Crippen LogP contribution in [0.15, 0.2) is 24.3 Å². The topological polar surface area (TPSA) is 53.6 Å². The van der Waals surface area contributed by atoms with Gasteiger partial charge in [0.25, 0.3) is 0 Å². The molecule has 2 N–H and O–H groups in total. The van der Waals surface area contributed by atoms with E-state index in [2.05, 4.69) is 29.4 Å². The molecule has 1 aliphatic heterocycles. The molecular formula is C18H29N3O2. The monoisotopic (exact) mass is 319 g/mol. The molecule has 0 unspecified atom stereocenters. The summed E-state index contributed by atoms with van der Waals surface area (Å²) in [4.78, 5) is 14.7. The summed E-state index contributed by atoms with van der Waals surface area (Å²) in [6, 6.07) is 8.24. The SMILES string of the molecule is CCN1CCC[C@@H]1CN[C@H](C)CC(=O)Nc1ccccc1OC. The van der Waals surface area contributed by atoms with Gasteiger partial charge in [0, 0.05) is 25.0 Å². The number of anilines is 1. The van der Waals surface area contributed by atoms with Crippen LogP contribution in [0.2, 0.25) is 0 Å². The third-order valence-corrected chi connectivity index (χ3v) is 4.48. The number of carbonyl (C=O) groups excluding carboxylic acids is 1. The molecule has 1 aromatic rings. The zero-order valence-corrected chi connectivity index (χ0v) is 14.5. The number of likely N-dealkylation sites (N-methyl/N-ethyl adjacent to an activating group) is 1. The van der Waals surface area contributed by atoms with E-state index in [1.807, 2.05) is 24.3 Å². The van der Waals surface area contributed by atoms with Crippen LogP contribution in [0, 0.1) is 0 Å². The van der Waals surface area contributed by atoms with Crippen LogP contribution in [0.1, 0.15) is 33.1 Å². The van der Waals surface area contributed by atoms with E-state index in [0.29, 0.717) is 18.2 Å². The van der Waals surface area contributed by atoms with Gasteiger partial charge in [0.05, 0.1) is 12.8 Å². The highest BCUT2D eigenvalue weighted by atomic mass is 16.5. The van der Waals surface area contributed by atoms with Gasteiger partial charge < -0.3 is 15.4 Å². The van der Waals surface area contributed by atoms with Gasteiger partial charge in [-0.1, -0.05) is 19.1 Å². The molecule has 128 valence electrons. The molecule has 5 nitrogen and oxygen atoms in total. The molecule has 0 radical (unpaired) electrons. The largest absolute Gasteiger partial charge is 0.495 e. The highest BCUT2D eigenvalue weighted by Gasteiger charge is 2.23. The fourth-order valence-electron chi connectivity index (χ4n) is 3.18. The summed E-state index contributed by atoms with van der Waals surface area (Å²) in [6.07, 6.45) is 2.99. The Kier molecular flexibility index (Phi) is 6.86. The Morgan fingerprint density at radius 3 is 2.96 bits per heavy atom. The van der Waals surface area contributed by atoms with Crippen molar-refractivity contribution in [3.05, 3.63) is 24.3 Å². The van der Waals surface area contributed by atoms with Gasteiger partial charge in [-0.3, -0.25) is 9.69 Å². The van der Waals surface area contributed by atoms with E-state index in [4.69, 9.17) is 4.74 Å². The fourth-order valence-corrected chi connectivity index (χ4v) is 3.18. The Balaban J connectivity index is 1.76. The number of carbonyl (C=O) groups is 1. The smallest absolute Gasteiger partial charge is 0.226 e. The van der Waals surface area contributed by atoms with Crippen molar-refractivity contribution < 1.29 is 9.53 Å². The van der Waals surface area contributed by atoms with Gasteiger partial charge >= 0.3 is 0 Å². The molecule has 0 aliphatic carbocycles. The second-order valence-corrected chi connectivity index (χ2v) is 6.19. The van der Waals surface area contributed by atoms with Crippen molar-refractivity contribution >= 4 is 11.6 Å². The van der Waals surface area contributed by atoms with E-state index in [1.54, 1.807) is 7.11 Å². The molecule has 1 aromatic carbocycles. The summed E-state index contributed by atoms with van der Waals surface area (Å²) in [5.74, 6) is 0.694. The van der Waals surface area contributed by atoms with Gasteiger partial charge in [-0.25, -0.2) is 0 Å². The molecule has 0 aromatic heterocycles. The normalized spacial score (nSPS) is 19.5. The second-order valence-electron chi connectivity index (χ2n) is 6.19. The van der Waals surface area contributed by atoms with E-state index >= 15 is 0 Å². The Morgan fingerprint density at radius 2 is 2.22 bits per heavy atom. The molecule has 1 saturated heterocycles. The number of amides is 1. The molecule has 5 heteroatoms. The van der Waals surface area contributed by atoms with Gasteiger partial charge in [-0.2, -0.15) is 0 Å². The highest BCUT2D eigenvalue weighted by Crippen LogP contribution is 2.23. The number of benzene rings is 1. The fraction of sp³-hybridized carbons (Fsp3) is 0.611. The average Bonchev–Trinajstić information content (AvgIpc) is 3.01. The molecule has 1 amide bonds. The predicted molar refractivity (Wildman–Crippen MR) is 94.0 cm³/mol. The van der Waals surface area contributed by atoms with Crippen LogP contribution in [0.25, 0.3) is 0 Å². The van der Waals surface area contributed by atoms with Gasteiger partial charge in [0.2, 0.25) is 5.91 Å². The first-order valence-corrected chi connectivity index (χ1v) is 8.54. The number of para-hydroxylation sites is 2. The Hall–Kier alpha value is -1.59. The number of hydrogen-bond acceptors (Lipinski definition) is 4. The van der Waals surface area contributed by atoms with Crippen molar-refractivity contribution in [1.29, 1.82) is 0 Å². The minimum absolute atomic E-state index is 0.00766. The Labute approximate surface area is 139 Å². The minimum atomic E-state index is 0.00766. The van der Waals surface area contributed by atoms with Crippen LogP contribution in [-0.2, 0) is 4.79 Å². The Morgan fingerprint density at radius 1 is 1.43 bits per heavy atom. The molecule has 1 aliphatic rings. The van der Waals surface area contributed by atoms with Crippen molar-refractivity contribution in [2.45, 2.75) is 45.2 Å². The minimum Gasteiger partial charge on any atom is -0.495 e. The first-order valence-electron chi connectivity index (χ1n) is 8.54. The molecule has 1 heterocycles. The van der Waals surface area contributed by atoms with E-state index < -0.39 is 0 Å². The van der Waals surface area contributed by atoms with Crippen LogP contribution in [0.5, 0.6) is 5.75 Å². The van der Waals surface area contributed by atoms with E-state index in [-0.39, 0.29) is 11.9 Å². The lowest BCUT2D eigenvalue weighted by atomic mass is 10.1. The molecule has 0 spiro atoms. The van der Waals surface area contributed by atoms with Gasteiger partial charge in [-0.15, -0.1) is 0 Å². The maximum atomic E-state index is 12.2. The van der Waals surface area contributed by atoms with Crippen molar-refractivity contribution in [1.82, 2.24) is 10.2 Å². The molecule has 0 bridgehead atoms. The maximum absolute atomic E-state index is 12.2. The first-order chi connectivity index (χ1) is 11.1. The van der Waals surface area contributed by atoms with Crippen LogP contribution in [-0.4, -0.2) is 49.6 Å². The van der Waals surface area contributed by atoms with E-state index in [0.717, 1.165) is 18.8 Å². The predicted octanol–water partition coefficient (Wildman–Crippen LogP) is 2.49. The van der Waals surface area contributed by atoms with Gasteiger partial charge in [0.1, 0.15) is 5.75 Å². The van der Waals surface area contributed by atoms with Crippen LogP contribution < -0.4 is 15.4 Å². The summed E-state index contributed by atoms with van der Waals surface area (Å²) < 4.78 is 5.25. The zero-order chi connectivity index (χ0) is 16.7. The van der Waals surface area contributed by atoms with E-state index in [1.165, 1.54) is 19.4 Å². The van der Waals surface area contributed by atoms with Crippen molar-refractivity contribution in [2.24, 2.45) is 0 Å². The number of nitrogens with one attached hydrogen (secondary N) is 2. The number of ether oxygens (including phenoxy) is 1. The summed E-state index contributed by atoms with van der Waals surface area (Å²) in [5.41, 5.74) is 0.722. The summed E-state index contributed by atoms with van der Waals surface area (Å²) in [5, 5.41) is 6.43. The van der Waals surface area contributed by atoms with Gasteiger partial charge in [-0.05, 0) is 45.0 Å². The third kappa shape index (κ3) is 5.22. The number of rotatable bonds is 8. The number of nitrogens with zero attached hydrogens (tertiary/aromatic N) is 1. The molecule has 2 rings (SSSR count). The van der Waals surface area contributed by atoms with Crippen LogP contribution in [0.3, 0.4) is 0 Å². The molecule has 0 saturated carbocycles. The van der Waals surface area contributed by atoms with Crippen molar-refractivity contribution in [3.63, 3.8) is 0 Å². The van der Waals surface area contributed by atoms with E-state index in [9.17, 15) is 4.79 Å². The van der Waals surface area contributed by atoms with Gasteiger partial charge in [0.15, 0.2) is 0 Å². The zero-order valence-electron chi connectivity index (χ0n) is 14.5. The maximum Gasteiger partial charge on any atom is 0.226 e. The third-order valence-electron chi connectivity index (χ3n) is 4.48. The molecule has 2 atom stereocenters. The van der Waals surface area contributed by atoms with Crippen molar-refractivity contribution in [2.75, 3.05) is 32.1 Å². The number of methoxy groups -OCH3 is 1. The quantitative estimate of drug-likeness (QED) is 0.773. The molecular weight excluding hydrogens is 290 g/mol. The lowest BCUT2D eigenvalue weighted by molar-refractivity contribution is -0.116. The number of hydrogen-bond donors (Lipinski definition) is 2. The standard InChI is InChI=1S/C18H29N3O2/c1-4-21-11-7-8-15(21)13-19-14(2)12-18(22)20-16-9-5-6-10-17(16)23-3/h5-6,9-10,14-15,19H,4,7-8,11-13H2,1-3H3,(H,20,22)/t14-,15-/m1/s1. The highest BCUT2D eigenvalue weighted by molar-refractivity contribution is 5.92. The Bertz CT molecular complexity index is 507. The first kappa shape index (κ1) is 17.8. The van der Waals surface area contributed by atoms with Crippen LogP contribution >= 0.6 is 0 Å². The van der Waals surface area contributed by atoms with Crippen LogP contribution in [0.4, 0.5) is 5.69 Å². The lowest BCUT2D eigenvalue weighted by Crippen LogP contribution is -2.41. The summed E-state index contributed by atoms with van der Waals surface area (Å²) >= 11 is 0. The number of likely N-dealkylation sites (tertiary alicyclic amines) is 1. The second kappa shape index (κ2) is 8.89. The molecule has 23 heavy (non-hydrogen) atoms. The van der Waals surface area contributed by atoms with Crippen molar-refractivity contribution in [3.8, 4) is 5.75 Å². The molecule has 1 fully saturated rings. The lowest BCUT2D eigenvalue weighted by Gasteiger charge is -2.24.